The van der Waals surface area contributed by atoms with Gasteiger partial charge in [0.1, 0.15) is 17.5 Å². The predicted octanol–water partition coefficient (Wildman–Crippen LogP) is 5.97. The highest BCUT2D eigenvalue weighted by Crippen LogP contribution is 2.42. The van der Waals surface area contributed by atoms with Gasteiger partial charge in [-0.15, -0.1) is 17.0 Å². The van der Waals surface area contributed by atoms with Gasteiger partial charge in [-0.1, -0.05) is 64.5 Å². The molecule has 3 nitrogen and oxygen atoms in total. The van der Waals surface area contributed by atoms with E-state index in [1.807, 2.05) is 6.92 Å². The Morgan fingerprint density at radius 1 is 1.17 bits per heavy atom. The van der Waals surface area contributed by atoms with Crippen LogP contribution in [0.2, 0.25) is 0 Å². The van der Waals surface area contributed by atoms with E-state index < -0.39 is 5.60 Å². The molecule has 1 heterocycles. The largest absolute Gasteiger partial charge is 0.299 e. The van der Waals surface area contributed by atoms with Gasteiger partial charge in [0.05, 0.1) is 0 Å². The third-order valence-corrected chi connectivity index (χ3v) is 5.61. The van der Waals surface area contributed by atoms with Crippen LogP contribution in [0.25, 0.3) is 0 Å². The lowest BCUT2D eigenvalue weighted by Crippen LogP contribution is -2.52. The molecule has 0 spiro atoms. The first-order chi connectivity index (χ1) is 11.1. The van der Waals surface area contributed by atoms with Gasteiger partial charge in [-0.05, 0) is 26.2 Å². The van der Waals surface area contributed by atoms with Gasteiger partial charge in [0.25, 0.3) is 0 Å². The third-order valence-electron chi connectivity index (χ3n) is 5.61. The summed E-state index contributed by atoms with van der Waals surface area (Å²) in [6.45, 7) is 6.26. The zero-order valence-electron chi connectivity index (χ0n) is 15.6. The summed E-state index contributed by atoms with van der Waals surface area (Å²) in [5, 5.41) is 0. The average molecular weight is 403 g/mol. The van der Waals surface area contributed by atoms with Crippen molar-refractivity contribution in [3.8, 4) is 0 Å². The van der Waals surface area contributed by atoms with Crippen molar-refractivity contribution in [1.82, 2.24) is 0 Å². The third kappa shape index (κ3) is 5.96. The average Bonchev–Trinajstić information content (AvgIpc) is 2.54. The molecular weight excluding hydrogens is 368 g/mol. The number of carbonyl (C=O) groups excluding carboxylic acids is 1. The van der Waals surface area contributed by atoms with Gasteiger partial charge >= 0.3 is 0 Å². The fourth-order valence-corrected chi connectivity index (χ4v) is 3.70. The molecular formula is C20H35BrO3. The molecule has 0 aromatic heterocycles. The van der Waals surface area contributed by atoms with Crippen molar-refractivity contribution < 1.29 is 14.6 Å². The maximum Gasteiger partial charge on any atom is 0.138 e. The molecule has 140 valence electrons. The molecule has 24 heavy (non-hydrogen) atoms. The van der Waals surface area contributed by atoms with Crippen molar-refractivity contribution in [3.05, 3.63) is 12.2 Å². The Morgan fingerprint density at radius 3 is 2.54 bits per heavy atom. The van der Waals surface area contributed by atoms with Gasteiger partial charge in [-0.2, -0.15) is 0 Å². The van der Waals surface area contributed by atoms with E-state index in [0.717, 1.165) is 12.8 Å². The van der Waals surface area contributed by atoms with Crippen LogP contribution in [0, 0.1) is 11.8 Å². The summed E-state index contributed by atoms with van der Waals surface area (Å²) in [7, 11) is 0. The smallest absolute Gasteiger partial charge is 0.138 e. The first-order valence-corrected chi connectivity index (χ1v) is 9.61. The van der Waals surface area contributed by atoms with Crippen LogP contribution in [0.15, 0.2) is 12.2 Å². The molecule has 0 unspecified atom stereocenters. The Hall–Kier alpha value is -0.190. The minimum absolute atomic E-state index is 0. The van der Waals surface area contributed by atoms with Gasteiger partial charge in [0.15, 0.2) is 0 Å². The highest BCUT2D eigenvalue weighted by atomic mass is 79.9. The zero-order chi connectivity index (χ0) is 16.7. The minimum atomic E-state index is -0.437. The molecule has 0 aromatic carbocycles. The van der Waals surface area contributed by atoms with Gasteiger partial charge in [0.2, 0.25) is 0 Å². The zero-order valence-corrected chi connectivity index (χ0v) is 17.3. The summed E-state index contributed by atoms with van der Waals surface area (Å²) < 4.78 is 0. The Kier molecular flexibility index (Phi) is 9.76. The first-order valence-electron chi connectivity index (χ1n) is 9.61. The number of hydrogen-bond donors (Lipinski definition) is 0. The molecule has 1 aliphatic heterocycles. The standard InChI is InChI=1S/C20H34O3.BrH/c1-4-5-6-7-8-9-10-11-12-13-20(3)17-14-18(21)16(2)19(15-17)22-23-20;/h12-13,16-17,19H,4-11,14-15H2,1-3H3;1H/b13-12+;/t16-,17+,19+,20-;/m1./s1. The molecule has 0 aromatic rings. The second-order valence-electron chi connectivity index (χ2n) is 7.61. The Morgan fingerprint density at radius 2 is 1.83 bits per heavy atom. The molecule has 2 rings (SSSR count). The van der Waals surface area contributed by atoms with Crippen LogP contribution in [-0.2, 0) is 14.6 Å². The van der Waals surface area contributed by atoms with E-state index in [1.54, 1.807) is 0 Å². The molecule has 0 N–H and O–H groups in total. The maximum atomic E-state index is 12.1. The van der Waals surface area contributed by atoms with Gasteiger partial charge in [-0.25, -0.2) is 9.78 Å². The lowest BCUT2D eigenvalue weighted by atomic mass is 9.71. The normalized spacial score (nSPS) is 32.8. The Labute approximate surface area is 158 Å². The summed E-state index contributed by atoms with van der Waals surface area (Å²) >= 11 is 0. The molecule has 2 aliphatic rings. The van der Waals surface area contributed by atoms with Crippen LogP contribution in [0.1, 0.15) is 85.0 Å². The Bertz CT molecular complexity index is 410. The van der Waals surface area contributed by atoms with E-state index in [0.29, 0.717) is 12.2 Å². The van der Waals surface area contributed by atoms with Crippen LogP contribution < -0.4 is 0 Å². The van der Waals surface area contributed by atoms with Crippen LogP contribution in [-0.4, -0.2) is 17.5 Å². The van der Waals surface area contributed by atoms with Crippen LogP contribution in [0.3, 0.4) is 0 Å². The number of fused-ring (bicyclic) bond motifs is 2. The molecule has 4 heteroatoms. The van der Waals surface area contributed by atoms with Crippen LogP contribution in [0.4, 0.5) is 0 Å². The van der Waals surface area contributed by atoms with Crippen molar-refractivity contribution in [3.63, 3.8) is 0 Å². The molecule has 1 saturated carbocycles. The Balaban J connectivity index is 0.00000288. The van der Waals surface area contributed by atoms with Crippen LogP contribution >= 0.6 is 17.0 Å². The minimum Gasteiger partial charge on any atom is -0.299 e. The fraction of sp³-hybridized carbons (Fsp3) is 0.850. The number of Topliss-reactive ketones (excluding diaryl/α,β-unsaturated/α-hetero) is 1. The fourth-order valence-electron chi connectivity index (χ4n) is 3.70. The first kappa shape index (κ1) is 21.9. The van der Waals surface area contributed by atoms with E-state index in [2.05, 4.69) is 26.0 Å². The monoisotopic (exact) mass is 402 g/mol. The molecule has 0 radical (unpaired) electrons. The van der Waals surface area contributed by atoms with E-state index in [4.69, 9.17) is 9.78 Å². The van der Waals surface area contributed by atoms with Gasteiger partial charge in [0, 0.05) is 18.3 Å². The second-order valence-corrected chi connectivity index (χ2v) is 7.61. The van der Waals surface area contributed by atoms with Crippen molar-refractivity contribution in [2.75, 3.05) is 0 Å². The molecule has 0 amide bonds. The number of unbranched alkanes of at least 4 members (excludes halogenated alkanes) is 7. The predicted molar refractivity (Wildman–Crippen MR) is 103 cm³/mol. The summed E-state index contributed by atoms with van der Waals surface area (Å²) in [6, 6.07) is 0. The number of rotatable bonds is 9. The molecule has 2 bridgehead atoms. The van der Waals surface area contributed by atoms with Crippen LogP contribution in [0.5, 0.6) is 0 Å². The summed E-state index contributed by atoms with van der Waals surface area (Å²) in [6.07, 6.45) is 16.3. The van der Waals surface area contributed by atoms with Crippen molar-refractivity contribution in [2.24, 2.45) is 11.8 Å². The van der Waals surface area contributed by atoms with Crippen molar-refractivity contribution >= 4 is 22.8 Å². The number of hydrogen-bond acceptors (Lipinski definition) is 3. The lowest BCUT2D eigenvalue weighted by Gasteiger charge is -2.45. The highest BCUT2D eigenvalue weighted by molar-refractivity contribution is 8.93. The lowest BCUT2D eigenvalue weighted by molar-refractivity contribution is -0.415. The van der Waals surface area contributed by atoms with Gasteiger partial charge in [-0.3, -0.25) is 4.79 Å². The summed E-state index contributed by atoms with van der Waals surface area (Å²) in [4.78, 5) is 23.3. The second kappa shape index (κ2) is 10.7. The van der Waals surface area contributed by atoms with E-state index >= 15 is 0 Å². The van der Waals surface area contributed by atoms with E-state index in [-0.39, 0.29) is 34.9 Å². The van der Waals surface area contributed by atoms with Crippen molar-refractivity contribution in [2.45, 2.75) is 96.7 Å². The van der Waals surface area contributed by atoms with Crippen molar-refractivity contribution in [1.29, 1.82) is 0 Å². The highest BCUT2D eigenvalue weighted by Gasteiger charge is 2.48. The number of allylic oxidation sites excluding steroid dienone is 1. The molecule has 4 atom stereocenters. The molecule has 2 fully saturated rings. The topological polar surface area (TPSA) is 35.5 Å². The molecule has 1 aliphatic carbocycles. The summed E-state index contributed by atoms with van der Waals surface area (Å²) in [5.41, 5.74) is -0.437. The van der Waals surface area contributed by atoms with Gasteiger partial charge < -0.3 is 0 Å². The van der Waals surface area contributed by atoms with E-state index in [1.165, 1.54) is 44.9 Å². The SMILES string of the molecule is Br.CCCCCCCCC/C=C/[C@@]1(C)OO[C@H]2C[C@@H]1CC(=O)[C@H]2C. The molecule has 1 saturated heterocycles. The number of halogens is 1. The van der Waals surface area contributed by atoms with E-state index in [9.17, 15) is 4.79 Å². The number of carbonyl (C=O) groups is 1. The maximum absolute atomic E-state index is 12.1. The quantitative estimate of drug-likeness (QED) is 0.270. The number of ketones is 1. The summed E-state index contributed by atoms with van der Waals surface area (Å²) in [5.74, 6) is 0.559.